The van der Waals surface area contributed by atoms with Crippen LogP contribution in [-0.2, 0) is 19.1 Å². The molecule has 0 radical (unpaired) electrons. The molecule has 15 heavy (non-hydrogen) atoms. The Morgan fingerprint density at radius 3 is 1.53 bits per heavy atom. The van der Waals surface area contributed by atoms with E-state index in [0.29, 0.717) is 6.42 Å². The van der Waals surface area contributed by atoms with Crippen molar-refractivity contribution in [3.05, 3.63) is 25.3 Å². The number of hydrogen-bond acceptors (Lipinski definition) is 4. The topological polar surface area (TPSA) is 52.6 Å². The van der Waals surface area contributed by atoms with Crippen LogP contribution >= 0.6 is 0 Å². The predicted octanol–water partition coefficient (Wildman–Crippen LogP) is 2.11. The van der Waals surface area contributed by atoms with Crippen LogP contribution < -0.4 is 0 Å². The van der Waals surface area contributed by atoms with E-state index in [1.807, 2.05) is 0 Å². The van der Waals surface area contributed by atoms with Gasteiger partial charge in [-0.2, -0.15) is 0 Å². The van der Waals surface area contributed by atoms with Gasteiger partial charge in [0.25, 0.3) is 0 Å². The maximum absolute atomic E-state index is 10.5. The van der Waals surface area contributed by atoms with Crippen LogP contribution in [0.2, 0.25) is 0 Å². The molecule has 0 saturated heterocycles. The Labute approximate surface area is 91.6 Å². The second-order valence-corrected chi connectivity index (χ2v) is 2.10. The third-order valence-corrected chi connectivity index (χ3v) is 1.11. The molecule has 4 nitrogen and oxygen atoms in total. The van der Waals surface area contributed by atoms with Gasteiger partial charge < -0.3 is 9.47 Å². The standard InChI is InChI=1S/C9H12O4.2CH4/c1-3-8(10)12-6-5-7-13-9(11)4-2;;/h3-4H,1-2,5-7H2;2*1H4. The molecule has 88 valence electrons. The Morgan fingerprint density at radius 1 is 0.933 bits per heavy atom. The Bertz CT molecular complexity index is 187. The SMILES string of the molecule is C.C.C=CC(=O)OCCCOC(=O)C=C. The highest BCUT2D eigenvalue weighted by Gasteiger charge is 1.97. The van der Waals surface area contributed by atoms with Crippen LogP contribution in [0.25, 0.3) is 0 Å². The summed E-state index contributed by atoms with van der Waals surface area (Å²) in [6, 6.07) is 0. The van der Waals surface area contributed by atoms with Gasteiger partial charge in [0.1, 0.15) is 0 Å². The quantitative estimate of drug-likeness (QED) is 0.387. The van der Waals surface area contributed by atoms with Crippen LogP contribution in [0.4, 0.5) is 0 Å². The maximum Gasteiger partial charge on any atom is 0.330 e. The average molecular weight is 216 g/mol. The number of rotatable bonds is 6. The van der Waals surface area contributed by atoms with Crippen LogP contribution in [0, 0.1) is 0 Å². The summed E-state index contributed by atoms with van der Waals surface area (Å²) < 4.78 is 9.27. The first-order chi connectivity index (χ1) is 6.20. The summed E-state index contributed by atoms with van der Waals surface area (Å²) in [7, 11) is 0. The van der Waals surface area contributed by atoms with Crippen LogP contribution in [0.15, 0.2) is 25.3 Å². The number of carbonyl (C=O) groups excluding carboxylic acids is 2. The van der Waals surface area contributed by atoms with Crippen LogP contribution in [0.1, 0.15) is 21.3 Å². The van der Waals surface area contributed by atoms with Crippen LogP contribution in [0.5, 0.6) is 0 Å². The van der Waals surface area contributed by atoms with Crippen LogP contribution in [0.3, 0.4) is 0 Å². The Morgan fingerprint density at radius 2 is 1.27 bits per heavy atom. The van der Waals surface area contributed by atoms with Crippen molar-refractivity contribution in [3.63, 3.8) is 0 Å². The van der Waals surface area contributed by atoms with E-state index in [4.69, 9.17) is 0 Å². The zero-order valence-corrected chi connectivity index (χ0v) is 7.32. The third kappa shape index (κ3) is 12.4. The summed E-state index contributed by atoms with van der Waals surface area (Å²) in [4.78, 5) is 21.0. The van der Waals surface area contributed by atoms with Crippen molar-refractivity contribution in [2.24, 2.45) is 0 Å². The van der Waals surface area contributed by atoms with E-state index < -0.39 is 11.9 Å². The second-order valence-electron chi connectivity index (χ2n) is 2.10. The summed E-state index contributed by atoms with van der Waals surface area (Å²) >= 11 is 0. The molecule has 4 heteroatoms. The highest BCUT2D eigenvalue weighted by atomic mass is 16.5. The summed E-state index contributed by atoms with van der Waals surface area (Å²) in [5, 5.41) is 0. The first-order valence-electron chi connectivity index (χ1n) is 3.79. The van der Waals surface area contributed by atoms with E-state index in [-0.39, 0.29) is 28.1 Å². The largest absolute Gasteiger partial charge is 0.462 e. The van der Waals surface area contributed by atoms with E-state index in [2.05, 4.69) is 22.6 Å². The minimum atomic E-state index is -0.477. The molecule has 0 spiro atoms. The molecular formula is C11H20O4. The molecule has 0 aliphatic carbocycles. The van der Waals surface area contributed by atoms with E-state index in [1.54, 1.807) is 0 Å². The van der Waals surface area contributed by atoms with E-state index in [9.17, 15) is 9.59 Å². The molecule has 0 heterocycles. The molecular weight excluding hydrogens is 196 g/mol. The molecule has 0 N–H and O–H groups in total. The second kappa shape index (κ2) is 12.4. The zero-order valence-electron chi connectivity index (χ0n) is 7.32. The van der Waals surface area contributed by atoms with Gasteiger partial charge in [-0.15, -0.1) is 0 Å². The van der Waals surface area contributed by atoms with Crippen molar-refractivity contribution in [2.75, 3.05) is 13.2 Å². The van der Waals surface area contributed by atoms with Crippen molar-refractivity contribution in [3.8, 4) is 0 Å². The lowest BCUT2D eigenvalue weighted by Gasteiger charge is -2.02. The molecule has 0 saturated carbocycles. The molecule has 0 rings (SSSR count). The van der Waals surface area contributed by atoms with Crippen molar-refractivity contribution in [1.82, 2.24) is 0 Å². The molecule has 0 unspecified atom stereocenters. The van der Waals surface area contributed by atoms with E-state index in [0.717, 1.165) is 12.2 Å². The molecule has 0 aromatic rings. The fourth-order valence-electron chi connectivity index (χ4n) is 0.522. The predicted molar refractivity (Wildman–Crippen MR) is 60.4 cm³/mol. The zero-order chi connectivity index (χ0) is 10.1. The number of carbonyl (C=O) groups is 2. The fourth-order valence-corrected chi connectivity index (χ4v) is 0.522. The van der Waals surface area contributed by atoms with Gasteiger partial charge in [0.05, 0.1) is 13.2 Å². The lowest BCUT2D eigenvalue weighted by atomic mass is 10.5. The van der Waals surface area contributed by atoms with Gasteiger partial charge >= 0.3 is 11.9 Å². The number of ether oxygens (including phenoxy) is 2. The van der Waals surface area contributed by atoms with E-state index >= 15 is 0 Å². The summed E-state index contributed by atoms with van der Waals surface area (Å²) in [5.41, 5.74) is 0. The fraction of sp³-hybridized carbons (Fsp3) is 0.455. The van der Waals surface area contributed by atoms with Crippen molar-refractivity contribution in [2.45, 2.75) is 21.3 Å². The normalized spacial score (nSPS) is 7.47. The van der Waals surface area contributed by atoms with Crippen molar-refractivity contribution in [1.29, 1.82) is 0 Å². The van der Waals surface area contributed by atoms with Gasteiger partial charge in [0, 0.05) is 18.6 Å². The molecule has 0 bridgehead atoms. The van der Waals surface area contributed by atoms with Gasteiger partial charge in [-0.1, -0.05) is 28.0 Å². The minimum absolute atomic E-state index is 0. The van der Waals surface area contributed by atoms with E-state index in [1.165, 1.54) is 0 Å². The number of hydrogen-bond donors (Lipinski definition) is 0. The van der Waals surface area contributed by atoms with Gasteiger partial charge in [0.15, 0.2) is 0 Å². The summed E-state index contributed by atoms with van der Waals surface area (Å²) in [6.45, 7) is 6.89. The van der Waals surface area contributed by atoms with Gasteiger partial charge in [-0.25, -0.2) is 9.59 Å². The molecule has 0 aliphatic rings. The summed E-state index contributed by atoms with van der Waals surface area (Å²) in [5.74, 6) is -0.954. The lowest BCUT2D eigenvalue weighted by molar-refractivity contribution is -0.140. The Hall–Kier alpha value is -1.58. The van der Waals surface area contributed by atoms with Crippen molar-refractivity contribution >= 4 is 11.9 Å². The molecule has 0 amide bonds. The highest BCUT2D eigenvalue weighted by molar-refractivity contribution is 5.81. The number of esters is 2. The molecule has 0 aromatic carbocycles. The van der Waals surface area contributed by atoms with Gasteiger partial charge in [0.2, 0.25) is 0 Å². The minimum Gasteiger partial charge on any atom is -0.462 e. The smallest absolute Gasteiger partial charge is 0.330 e. The first-order valence-corrected chi connectivity index (χ1v) is 3.79. The highest BCUT2D eigenvalue weighted by Crippen LogP contribution is 1.87. The maximum atomic E-state index is 10.5. The third-order valence-electron chi connectivity index (χ3n) is 1.11. The van der Waals surface area contributed by atoms with Crippen molar-refractivity contribution < 1.29 is 19.1 Å². The average Bonchev–Trinajstić information content (AvgIpc) is 2.16. The Kier molecular flexibility index (Phi) is 15.8. The molecule has 0 atom stereocenters. The lowest BCUT2D eigenvalue weighted by Crippen LogP contribution is -2.07. The van der Waals surface area contributed by atoms with Gasteiger partial charge in [-0.3, -0.25) is 0 Å². The molecule has 0 fully saturated rings. The monoisotopic (exact) mass is 216 g/mol. The Balaban J connectivity index is -0.000000720. The summed E-state index contributed by atoms with van der Waals surface area (Å²) in [6.07, 6.45) is 2.63. The van der Waals surface area contributed by atoms with Gasteiger partial charge in [-0.05, 0) is 0 Å². The first kappa shape index (κ1) is 19.1. The molecule has 0 aliphatic heterocycles. The molecule has 0 aromatic heterocycles. The van der Waals surface area contributed by atoms with Crippen LogP contribution in [-0.4, -0.2) is 25.2 Å².